The molecule has 3 nitrogen and oxygen atoms in total. The van der Waals surface area contributed by atoms with Gasteiger partial charge in [-0.25, -0.2) is 0 Å². The van der Waals surface area contributed by atoms with Gasteiger partial charge in [-0.3, -0.25) is 4.90 Å². The van der Waals surface area contributed by atoms with Crippen molar-refractivity contribution in [3.05, 3.63) is 35.4 Å². The van der Waals surface area contributed by atoms with Crippen LogP contribution in [0.25, 0.3) is 0 Å². The van der Waals surface area contributed by atoms with Gasteiger partial charge >= 0.3 is 0 Å². The zero-order valence-electron chi connectivity index (χ0n) is 12.0. The van der Waals surface area contributed by atoms with Crippen molar-refractivity contribution in [2.45, 2.75) is 32.7 Å². The van der Waals surface area contributed by atoms with Crippen LogP contribution in [0.2, 0.25) is 0 Å². The highest BCUT2D eigenvalue weighted by Crippen LogP contribution is 2.22. The fraction of sp³-hybridized carbons (Fsp3) is 0.600. The lowest BCUT2D eigenvalue weighted by Crippen LogP contribution is -2.42. The van der Waals surface area contributed by atoms with E-state index in [1.54, 1.807) is 0 Å². The van der Waals surface area contributed by atoms with E-state index in [2.05, 4.69) is 55.3 Å². The van der Waals surface area contributed by atoms with Crippen molar-refractivity contribution < 1.29 is 0 Å². The van der Waals surface area contributed by atoms with Gasteiger partial charge in [0.25, 0.3) is 0 Å². The van der Waals surface area contributed by atoms with Gasteiger partial charge in [0, 0.05) is 32.7 Å². The number of nitrogens with one attached hydrogen (secondary N) is 1. The molecule has 1 heterocycles. The molecule has 0 atom stereocenters. The summed E-state index contributed by atoms with van der Waals surface area (Å²) in [5.41, 5.74) is 3.11. The molecule has 0 saturated carbocycles. The van der Waals surface area contributed by atoms with Crippen molar-refractivity contribution in [2.75, 3.05) is 26.2 Å². The van der Waals surface area contributed by atoms with Crippen molar-refractivity contribution in [1.29, 1.82) is 0 Å². The lowest BCUT2D eigenvalue weighted by atomic mass is 9.87. The molecule has 2 rings (SSSR count). The van der Waals surface area contributed by atoms with Crippen molar-refractivity contribution >= 4 is 0 Å². The first kappa shape index (κ1) is 15.2. The van der Waals surface area contributed by atoms with Gasteiger partial charge in [0.05, 0.1) is 0 Å². The van der Waals surface area contributed by atoms with Crippen molar-refractivity contribution in [2.24, 2.45) is 0 Å². The summed E-state index contributed by atoms with van der Waals surface area (Å²) in [6.45, 7) is 12.5. The molecule has 102 valence electrons. The van der Waals surface area contributed by atoms with Gasteiger partial charge in [0.2, 0.25) is 0 Å². The summed E-state index contributed by atoms with van der Waals surface area (Å²) in [4.78, 5) is 2.52. The van der Waals surface area contributed by atoms with Gasteiger partial charge < -0.3 is 11.5 Å². The van der Waals surface area contributed by atoms with Gasteiger partial charge in [-0.15, -0.1) is 0 Å². The molecule has 1 fully saturated rings. The Morgan fingerprint density at radius 1 is 1.06 bits per heavy atom. The molecule has 0 unspecified atom stereocenters. The Balaban J connectivity index is 0.00000162. The molecule has 4 N–H and O–H groups in total. The van der Waals surface area contributed by atoms with Gasteiger partial charge in [0.15, 0.2) is 0 Å². The molecule has 0 aliphatic carbocycles. The minimum Gasteiger partial charge on any atom is -0.344 e. The molecule has 1 aliphatic heterocycles. The summed E-state index contributed by atoms with van der Waals surface area (Å²) in [6, 6.07) is 9.11. The normalized spacial score (nSPS) is 17.3. The van der Waals surface area contributed by atoms with Crippen LogP contribution in [-0.4, -0.2) is 31.1 Å². The number of nitrogens with zero attached hydrogens (tertiary/aromatic N) is 1. The predicted molar refractivity (Wildman–Crippen MR) is 78.3 cm³/mol. The van der Waals surface area contributed by atoms with Gasteiger partial charge in [-0.05, 0) is 16.5 Å². The minimum absolute atomic E-state index is 0. The third kappa shape index (κ3) is 4.09. The maximum absolute atomic E-state index is 3.39. The van der Waals surface area contributed by atoms with E-state index in [9.17, 15) is 0 Å². The minimum atomic E-state index is 0. The summed E-state index contributed by atoms with van der Waals surface area (Å²) in [5.74, 6) is 0. The van der Waals surface area contributed by atoms with E-state index in [-0.39, 0.29) is 11.6 Å². The van der Waals surface area contributed by atoms with Gasteiger partial charge in [-0.1, -0.05) is 45.0 Å². The molecule has 0 radical (unpaired) electrons. The van der Waals surface area contributed by atoms with Crippen LogP contribution in [0.3, 0.4) is 0 Å². The first-order valence-electron chi connectivity index (χ1n) is 6.58. The molecule has 1 aromatic rings. The molecular formula is C15H27N3. The zero-order valence-corrected chi connectivity index (χ0v) is 12.0. The van der Waals surface area contributed by atoms with Crippen LogP contribution < -0.4 is 11.5 Å². The second-order valence-electron chi connectivity index (χ2n) is 5.97. The molecule has 1 aromatic carbocycles. The molecule has 3 heteroatoms. The SMILES string of the molecule is CC(C)(C)c1ccc(CN2CCNCC2)cc1.N. The van der Waals surface area contributed by atoms with E-state index >= 15 is 0 Å². The number of benzene rings is 1. The van der Waals surface area contributed by atoms with Crippen LogP contribution in [0.15, 0.2) is 24.3 Å². The fourth-order valence-corrected chi connectivity index (χ4v) is 2.24. The first-order chi connectivity index (χ1) is 8.05. The maximum Gasteiger partial charge on any atom is 0.0234 e. The van der Waals surface area contributed by atoms with Crippen LogP contribution in [-0.2, 0) is 12.0 Å². The highest BCUT2D eigenvalue weighted by molar-refractivity contribution is 5.27. The van der Waals surface area contributed by atoms with Crippen LogP contribution in [0.4, 0.5) is 0 Å². The quantitative estimate of drug-likeness (QED) is 0.847. The molecule has 0 aromatic heterocycles. The lowest BCUT2D eigenvalue weighted by Gasteiger charge is -2.27. The largest absolute Gasteiger partial charge is 0.344 e. The lowest BCUT2D eigenvalue weighted by molar-refractivity contribution is 0.233. The monoisotopic (exact) mass is 249 g/mol. The molecule has 0 spiro atoms. The Kier molecular flexibility index (Phi) is 5.32. The average Bonchev–Trinajstić information content (AvgIpc) is 2.30. The summed E-state index contributed by atoms with van der Waals surface area (Å²) >= 11 is 0. The van der Waals surface area contributed by atoms with Crippen LogP contribution in [0.1, 0.15) is 31.9 Å². The van der Waals surface area contributed by atoms with Crippen molar-refractivity contribution in [3.8, 4) is 0 Å². The van der Waals surface area contributed by atoms with Crippen LogP contribution >= 0.6 is 0 Å². The molecule has 1 aliphatic rings. The topological polar surface area (TPSA) is 50.3 Å². The summed E-state index contributed by atoms with van der Waals surface area (Å²) < 4.78 is 0. The molecular weight excluding hydrogens is 222 g/mol. The second kappa shape index (κ2) is 6.32. The number of hydrogen-bond donors (Lipinski definition) is 2. The maximum atomic E-state index is 3.39. The van der Waals surface area contributed by atoms with Crippen LogP contribution in [0.5, 0.6) is 0 Å². The van der Waals surface area contributed by atoms with E-state index in [0.29, 0.717) is 0 Å². The second-order valence-corrected chi connectivity index (χ2v) is 5.97. The van der Waals surface area contributed by atoms with E-state index in [1.165, 1.54) is 24.2 Å². The fourth-order valence-electron chi connectivity index (χ4n) is 2.24. The van der Waals surface area contributed by atoms with Crippen molar-refractivity contribution in [3.63, 3.8) is 0 Å². The summed E-state index contributed by atoms with van der Waals surface area (Å²) in [5, 5.41) is 3.39. The smallest absolute Gasteiger partial charge is 0.0234 e. The first-order valence-corrected chi connectivity index (χ1v) is 6.58. The van der Waals surface area contributed by atoms with Gasteiger partial charge in [-0.2, -0.15) is 0 Å². The standard InChI is InChI=1S/C15H24N2.H3N/c1-15(2,3)14-6-4-13(5-7-14)12-17-10-8-16-9-11-17;/h4-7,16H,8-12H2,1-3H3;1H3. The zero-order chi connectivity index (χ0) is 12.3. The highest BCUT2D eigenvalue weighted by Gasteiger charge is 2.14. The number of hydrogen-bond acceptors (Lipinski definition) is 3. The third-order valence-corrected chi connectivity index (χ3v) is 3.44. The number of piperazine rings is 1. The third-order valence-electron chi connectivity index (χ3n) is 3.44. The molecule has 0 bridgehead atoms. The Hall–Kier alpha value is -0.900. The van der Waals surface area contributed by atoms with Gasteiger partial charge in [0.1, 0.15) is 0 Å². The average molecular weight is 249 g/mol. The Labute approximate surface area is 111 Å². The summed E-state index contributed by atoms with van der Waals surface area (Å²) in [7, 11) is 0. The van der Waals surface area contributed by atoms with E-state index in [1.807, 2.05) is 0 Å². The molecule has 1 saturated heterocycles. The van der Waals surface area contributed by atoms with E-state index in [4.69, 9.17) is 0 Å². The van der Waals surface area contributed by atoms with E-state index in [0.717, 1.165) is 19.6 Å². The Morgan fingerprint density at radius 3 is 2.11 bits per heavy atom. The van der Waals surface area contributed by atoms with E-state index < -0.39 is 0 Å². The molecule has 0 amide bonds. The molecule has 18 heavy (non-hydrogen) atoms. The van der Waals surface area contributed by atoms with Crippen molar-refractivity contribution in [1.82, 2.24) is 16.4 Å². The predicted octanol–water partition coefficient (Wildman–Crippen LogP) is 2.55. The van der Waals surface area contributed by atoms with Crippen LogP contribution in [0, 0.1) is 0 Å². The highest BCUT2D eigenvalue weighted by atomic mass is 15.2. The number of rotatable bonds is 2. The Morgan fingerprint density at radius 2 is 1.61 bits per heavy atom. The summed E-state index contributed by atoms with van der Waals surface area (Å²) in [6.07, 6.45) is 0. The Bertz CT molecular complexity index is 345.